The maximum Gasteiger partial charge on any atom is 0.0603 e. The van der Waals surface area contributed by atoms with Crippen LogP contribution in [0, 0.1) is 11.8 Å². The second-order valence-corrected chi connectivity index (χ2v) is 7.37. The molecule has 4 aliphatic heterocycles. The number of rotatable bonds is 1. The van der Waals surface area contributed by atoms with Gasteiger partial charge in [-0.05, 0) is 76.3 Å². The Bertz CT molecular complexity index is 302. The molecular weight excluding hydrogens is 248 g/mol. The largest absolute Gasteiger partial charge is 0.302 e. The molecule has 4 rings (SSSR count). The minimum Gasteiger partial charge on any atom is -0.302 e. The first-order valence-corrected chi connectivity index (χ1v) is 8.89. The second-order valence-electron chi connectivity index (χ2n) is 7.37. The summed E-state index contributed by atoms with van der Waals surface area (Å²) in [5.41, 5.74) is 0. The Morgan fingerprint density at radius 1 is 0.550 bits per heavy atom. The molecule has 4 nitrogen and oxygen atoms in total. The van der Waals surface area contributed by atoms with Gasteiger partial charge in [0.15, 0.2) is 0 Å². The van der Waals surface area contributed by atoms with Crippen LogP contribution in [0.3, 0.4) is 0 Å². The van der Waals surface area contributed by atoms with Crippen molar-refractivity contribution in [1.82, 2.24) is 21.3 Å². The van der Waals surface area contributed by atoms with Crippen molar-refractivity contribution >= 4 is 0 Å². The lowest BCUT2D eigenvalue weighted by Gasteiger charge is -2.48. The van der Waals surface area contributed by atoms with Gasteiger partial charge in [0.1, 0.15) is 0 Å². The lowest BCUT2D eigenvalue weighted by molar-refractivity contribution is 0.0956. The number of nitrogens with one attached hydrogen (secondary N) is 4. The highest BCUT2D eigenvalue weighted by atomic mass is 15.2. The van der Waals surface area contributed by atoms with Crippen LogP contribution in [0.1, 0.15) is 51.4 Å². The highest BCUT2D eigenvalue weighted by molar-refractivity contribution is 4.97. The van der Waals surface area contributed by atoms with Crippen LogP contribution in [0.5, 0.6) is 0 Å². The van der Waals surface area contributed by atoms with Crippen molar-refractivity contribution in [2.24, 2.45) is 11.8 Å². The van der Waals surface area contributed by atoms with Crippen LogP contribution in [-0.2, 0) is 0 Å². The molecule has 4 heteroatoms. The second kappa shape index (κ2) is 5.91. The van der Waals surface area contributed by atoms with E-state index in [9.17, 15) is 0 Å². The summed E-state index contributed by atoms with van der Waals surface area (Å²) in [6.07, 6.45) is 12.3. The quantitative estimate of drug-likeness (QED) is 0.581. The first-order chi connectivity index (χ1) is 9.90. The molecule has 6 unspecified atom stereocenters. The molecule has 0 aromatic heterocycles. The summed E-state index contributed by atoms with van der Waals surface area (Å²) >= 11 is 0. The summed E-state index contributed by atoms with van der Waals surface area (Å²) < 4.78 is 0. The van der Waals surface area contributed by atoms with Crippen molar-refractivity contribution in [1.29, 1.82) is 0 Å². The zero-order chi connectivity index (χ0) is 13.4. The van der Waals surface area contributed by atoms with E-state index in [0.717, 1.165) is 11.8 Å². The topological polar surface area (TPSA) is 48.1 Å². The number of hydrogen-bond donors (Lipinski definition) is 4. The molecule has 0 aliphatic carbocycles. The van der Waals surface area contributed by atoms with Gasteiger partial charge in [-0.25, -0.2) is 0 Å². The molecule has 0 spiro atoms. The Morgan fingerprint density at radius 3 is 1.55 bits per heavy atom. The summed E-state index contributed by atoms with van der Waals surface area (Å²) in [5, 5.41) is 15.2. The molecule has 0 aromatic carbocycles. The molecule has 0 saturated carbocycles. The summed E-state index contributed by atoms with van der Waals surface area (Å²) in [5.74, 6) is 1.76. The third kappa shape index (κ3) is 2.63. The molecule has 4 aliphatic rings. The summed E-state index contributed by atoms with van der Waals surface area (Å²) in [6, 6.07) is 1.35. The Labute approximate surface area is 122 Å². The Hall–Kier alpha value is -0.160. The maximum absolute atomic E-state index is 3.92. The van der Waals surface area contributed by atoms with Crippen LogP contribution in [0.2, 0.25) is 0 Å². The van der Waals surface area contributed by atoms with Crippen molar-refractivity contribution in [2.45, 2.75) is 75.8 Å². The van der Waals surface area contributed by atoms with Crippen LogP contribution in [0.25, 0.3) is 0 Å². The molecule has 4 heterocycles. The standard InChI is InChI=1S/C16H30N4/c1-3-11-5-7-13(19-15(11)17-9-1)14-8-6-12-4-2-10-18-16(12)20-14/h11-20H,1-10H2. The Kier molecular flexibility index (Phi) is 3.99. The van der Waals surface area contributed by atoms with Crippen molar-refractivity contribution in [3.8, 4) is 0 Å². The zero-order valence-corrected chi connectivity index (χ0v) is 12.5. The minimum absolute atomic E-state index is 0.585. The number of piperidine rings is 4. The van der Waals surface area contributed by atoms with E-state index in [0.29, 0.717) is 24.4 Å². The van der Waals surface area contributed by atoms with Crippen molar-refractivity contribution in [3.05, 3.63) is 0 Å². The van der Waals surface area contributed by atoms with Gasteiger partial charge in [0.2, 0.25) is 0 Å². The average molecular weight is 278 g/mol. The molecule has 0 bridgehead atoms. The van der Waals surface area contributed by atoms with Gasteiger partial charge in [0.05, 0.1) is 12.3 Å². The van der Waals surface area contributed by atoms with Crippen molar-refractivity contribution < 1.29 is 0 Å². The smallest absolute Gasteiger partial charge is 0.0603 e. The molecule has 0 amide bonds. The van der Waals surface area contributed by atoms with Crippen LogP contribution >= 0.6 is 0 Å². The van der Waals surface area contributed by atoms with E-state index in [4.69, 9.17) is 0 Å². The van der Waals surface area contributed by atoms with E-state index < -0.39 is 0 Å². The lowest BCUT2D eigenvalue weighted by Crippen LogP contribution is -2.66. The molecule has 114 valence electrons. The average Bonchev–Trinajstić information content (AvgIpc) is 2.54. The molecule has 4 N–H and O–H groups in total. The molecule has 4 saturated heterocycles. The van der Waals surface area contributed by atoms with E-state index in [1.54, 1.807) is 0 Å². The van der Waals surface area contributed by atoms with Gasteiger partial charge in [-0.15, -0.1) is 0 Å². The first kappa shape index (κ1) is 13.5. The Morgan fingerprint density at radius 2 is 1.05 bits per heavy atom. The fourth-order valence-corrected chi connectivity index (χ4v) is 4.97. The third-order valence-corrected chi connectivity index (χ3v) is 6.14. The van der Waals surface area contributed by atoms with E-state index in [2.05, 4.69) is 21.3 Å². The molecular formula is C16H30N4. The summed E-state index contributed by atoms with van der Waals surface area (Å²) in [6.45, 7) is 2.40. The fourth-order valence-electron chi connectivity index (χ4n) is 4.97. The van der Waals surface area contributed by atoms with Gasteiger partial charge >= 0.3 is 0 Å². The maximum atomic E-state index is 3.92. The van der Waals surface area contributed by atoms with Crippen LogP contribution in [0.15, 0.2) is 0 Å². The van der Waals surface area contributed by atoms with Gasteiger partial charge in [-0.2, -0.15) is 0 Å². The van der Waals surface area contributed by atoms with Gasteiger partial charge in [-0.3, -0.25) is 10.6 Å². The normalized spacial score (nSPS) is 49.2. The Balaban J connectivity index is 1.36. The minimum atomic E-state index is 0.585. The molecule has 0 radical (unpaired) electrons. The fraction of sp³-hybridized carbons (Fsp3) is 1.00. The van der Waals surface area contributed by atoms with E-state index in [1.165, 1.54) is 64.5 Å². The van der Waals surface area contributed by atoms with Gasteiger partial charge < -0.3 is 10.6 Å². The number of hydrogen-bond acceptors (Lipinski definition) is 4. The SMILES string of the molecule is C1CNC2NC(C3CCC4CCCNC4N3)CCC2C1. The van der Waals surface area contributed by atoms with Gasteiger partial charge in [0, 0.05) is 12.1 Å². The molecule has 0 aromatic rings. The van der Waals surface area contributed by atoms with Gasteiger partial charge in [0.25, 0.3) is 0 Å². The van der Waals surface area contributed by atoms with Gasteiger partial charge in [-0.1, -0.05) is 0 Å². The lowest BCUT2D eigenvalue weighted by atomic mass is 9.79. The highest BCUT2D eigenvalue weighted by Crippen LogP contribution is 2.31. The van der Waals surface area contributed by atoms with Crippen molar-refractivity contribution in [2.75, 3.05) is 13.1 Å². The summed E-state index contributed by atoms with van der Waals surface area (Å²) in [7, 11) is 0. The van der Waals surface area contributed by atoms with E-state index in [-0.39, 0.29) is 0 Å². The number of fused-ring (bicyclic) bond motifs is 2. The molecule has 6 atom stereocenters. The van der Waals surface area contributed by atoms with Crippen LogP contribution < -0.4 is 21.3 Å². The van der Waals surface area contributed by atoms with E-state index >= 15 is 0 Å². The van der Waals surface area contributed by atoms with Crippen LogP contribution in [-0.4, -0.2) is 37.5 Å². The first-order valence-electron chi connectivity index (χ1n) is 8.89. The summed E-state index contributed by atoms with van der Waals surface area (Å²) in [4.78, 5) is 0. The molecule has 4 fully saturated rings. The molecule has 20 heavy (non-hydrogen) atoms. The highest BCUT2D eigenvalue weighted by Gasteiger charge is 2.39. The predicted octanol–water partition coefficient (Wildman–Crippen LogP) is 1.14. The zero-order valence-electron chi connectivity index (χ0n) is 12.5. The third-order valence-electron chi connectivity index (χ3n) is 6.14. The van der Waals surface area contributed by atoms with Crippen molar-refractivity contribution in [3.63, 3.8) is 0 Å². The monoisotopic (exact) mass is 278 g/mol. The van der Waals surface area contributed by atoms with E-state index in [1.807, 2.05) is 0 Å². The van der Waals surface area contributed by atoms with Crippen LogP contribution in [0.4, 0.5) is 0 Å². The predicted molar refractivity (Wildman–Crippen MR) is 81.3 cm³/mol.